The molecule has 3 nitrogen and oxygen atoms in total. The van der Waals surface area contributed by atoms with Gasteiger partial charge >= 0.3 is 5.97 Å². The fourth-order valence-electron chi connectivity index (χ4n) is 1.82. The summed E-state index contributed by atoms with van der Waals surface area (Å²) in [6.45, 7) is 2.51. The number of benzene rings is 1. The molecule has 4 heteroatoms. The second-order valence-corrected chi connectivity index (χ2v) is 5.59. The third kappa shape index (κ3) is 3.16. The molecule has 0 saturated heterocycles. The Balaban J connectivity index is 1.85. The van der Waals surface area contributed by atoms with Crippen LogP contribution in [0.1, 0.15) is 18.1 Å². The summed E-state index contributed by atoms with van der Waals surface area (Å²) in [5.41, 5.74) is 2.54. The van der Waals surface area contributed by atoms with Crippen LogP contribution >= 0.6 is 11.8 Å². The van der Waals surface area contributed by atoms with Crippen molar-refractivity contribution in [3.63, 3.8) is 0 Å². The number of aliphatic carboxylic acids is 1. The molecule has 0 bridgehead atoms. The van der Waals surface area contributed by atoms with Crippen LogP contribution in [0.15, 0.2) is 18.2 Å². The molecule has 1 aliphatic rings. The summed E-state index contributed by atoms with van der Waals surface area (Å²) in [6, 6.07) is 6.26. The van der Waals surface area contributed by atoms with Crippen molar-refractivity contribution in [1.29, 1.82) is 0 Å². The van der Waals surface area contributed by atoms with Crippen molar-refractivity contribution in [2.75, 3.05) is 12.4 Å². The van der Waals surface area contributed by atoms with E-state index in [4.69, 9.17) is 9.84 Å². The third-order valence-corrected chi connectivity index (χ3v) is 4.00. The third-order valence-electron chi connectivity index (χ3n) is 2.86. The minimum Gasteiger partial charge on any atom is -0.493 e. The van der Waals surface area contributed by atoms with Crippen molar-refractivity contribution < 1.29 is 14.6 Å². The van der Waals surface area contributed by atoms with Crippen LogP contribution in [-0.2, 0) is 17.6 Å². The molecule has 1 unspecified atom stereocenters. The van der Waals surface area contributed by atoms with Crippen molar-refractivity contribution >= 4 is 17.7 Å². The van der Waals surface area contributed by atoms with Gasteiger partial charge in [-0.05, 0) is 36.3 Å². The first kappa shape index (κ1) is 12.3. The first-order valence-electron chi connectivity index (χ1n) is 5.76. The lowest BCUT2D eigenvalue weighted by molar-refractivity contribution is -0.136. The van der Waals surface area contributed by atoms with Crippen molar-refractivity contribution in [2.24, 2.45) is 0 Å². The predicted molar refractivity (Wildman–Crippen MR) is 68.9 cm³/mol. The van der Waals surface area contributed by atoms with Crippen LogP contribution in [-0.4, -0.2) is 28.7 Å². The van der Waals surface area contributed by atoms with Gasteiger partial charge in [-0.15, -0.1) is 11.8 Å². The van der Waals surface area contributed by atoms with E-state index >= 15 is 0 Å². The molecule has 1 atom stereocenters. The number of fused-ring (bicyclic) bond motifs is 1. The lowest BCUT2D eigenvalue weighted by Crippen LogP contribution is -2.12. The summed E-state index contributed by atoms with van der Waals surface area (Å²) in [4.78, 5) is 10.7. The molecule has 1 aliphatic heterocycles. The Morgan fingerprint density at radius 1 is 1.59 bits per heavy atom. The molecule has 92 valence electrons. The second-order valence-electron chi connectivity index (χ2n) is 4.14. The topological polar surface area (TPSA) is 46.5 Å². The van der Waals surface area contributed by atoms with Crippen molar-refractivity contribution in [3.05, 3.63) is 29.3 Å². The predicted octanol–water partition coefficient (Wildman–Crippen LogP) is 2.37. The monoisotopic (exact) mass is 252 g/mol. The SMILES string of the molecule is CC(SCCc1ccc2c(c1)CCO2)C(=O)O. The standard InChI is InChI=1S/C13H16O3S/c1-9(13(14)15)17-7-5-10-2-3-12-11(8-10)4-6-16-12/h2-3,8-9H,4-7H2,1H3,(H,14,15). The van der Waals surface area contributed by atoms with Gasteiger partial charge in [-0.25, -0.2) is 0 Å². The van der Waals surface area contributed by atoms with Gasteiger partial charge in [0.2, 0.25) is 0 Å². The molecule has 0 fully saturated rings. The van der Waals surface area contributed by atoms with Gasteiger partial charge in [-0.2, -0.15) is 0 Å². The van der Waals surface area contributed by atoms with Crippen LogP contribution < -0.4 is 4.74 Å². The maximum Gasteiger partial charge on any atom is 0.316 e. The Hall–Kier alpha value is -1.16. The Morgan fingerprint density at radius 2 is 2.41 bits per heavy atom. The molecular formula is C13H16O3S. The number of aryl methyl sites for hydroxylation is 1. The number of carboxylic acid groups (broad SMARTS) is 1. The minimum absolute atomic E-state index is 0.326. The number of carboxylic acids is 1. The zero-order valence-corrected chi connectivity index (χ0v) is 10.6. The zero-order chi connectivity index (χ0) is 12.3. The summed E-state index contributed by atoms with van der Waals surface area (Å²) in [5.74, 6) is 1.10. The molecule has 0 spiro atoms. The van der Waals surface area contributed by atoms with Crippen molar-refractivity contribution in [1.82, 2.24) is 0 Å². The Labute approximate surface area is 105 Å². The van der Waals surface area contributed by atoms with Gasteiger partial charge in [-0.3, -0.25) is 4.79 Å². The number of carbonyl (C=O) groups is 1. The molecule has 0 aromatic heterocycles. The van der Waals surface area contributed by atoms with Crippen LogP contribution in [0.5, 0.6) is 5.75 Å². The number of hydrogen-bond acceptors (Lipinski definition) is 3. The van der Waals surface area contributed by atoms with Gasteiger partial charge < -0.3 is 9.84 Å². The highest BCUT2D eigenvalue weighted by atomic mass is 32.2. The summed E-state index contributed by atoms with van der Waals surface area (Å²) >= 11 is 1.48. The average molecular weight is 252 g/mol. The molecule has 1 heterocycles. The van der Waals surface area contributed by atoms with E-state index in [1.54, 1.807) is 6.92 Å². The van der Waals surface area contributed by atoms with E-state index in [9.17, 15) is 4.79 Å². The summed E-state index contributed by atoms with van der Waals surface area (Å²) in [5, 5.41) is 8.44. The summed E-state index contributed by atoms with van der Waals surface area (Å²) in [6.07, 6.45) is 1.90. The minimum atomic E-state index is -0.739. The normalized spacial score (nSPS) is 15.1. The number of ether oxygens (including phenoxy) is 1. The van der Waals surface area contributed by atoms with Gasteiger partial charge in [0.25, 0.3) is 0 Å². The molecule has 0 radical (unpaired) electrons. The van der Waals surface area contributed by atoms with Crippen molar-refractivity contribution in [3.8, 4) is 5.75 Å². The number of hydrogen-bond donors (Lipinski definition) is 1. The van der Waals surface area contributed by atoms with Crippen LogP contribution in [0.2, 0.25) is 0 Å². The Morgan fingerprint density at radius 3 is 3.18 bits per heavy atom. The Kier molecular flexibility index (Phi) is 3.94. The maximum absolute atomic E-state index is 10.7. The van der Waals surface area contributed by atoms with E-state index in [0.717, 1.165) is 31.0 Å². The fraction of sp³-hybridized carbons (Fsp3) is 0.462. The quantitative estimate of drug-likeness (QED) is 0.874. The van der Waals surface area contributed by atoms with Crippen LogP contribution in [0.4, 0.5) is 0 Å². The number of rotatable bonds is 5. The smallest absolute Gasteiger partial charge is 0.316 e. The molecule has 0 saturated carbocycles. The molecule has 1 aromatic rings. The highest BCUT2D eigenvalue weighted by Crippen LogP contribution is 2.26. The van der Waals surface area contributed by atoms with E-state index in [-0.39, 0.29) is 5.25 Å². The molecule has 0 amide bonds. The molecular weight excluding hydrogens is 236 g/mol. The highest BCUT2D eigenvalue weighted by Gasteiger charge is 2.13. The molecule has 1 N–H and O–H groups in total. The van der Waals surface area contributed by atoms with E-state index in [1.165, 1.54) is 22.9 Å². The first-order chi connectivity index (χ1) is 8.16. The first-order valence-corrected chi connectivity index (χ1v) is 6.80. The Bertz CT molecular complexity index is 417. The van der Waals surface area contributed by atoms with Gasteiger partial charge in [0.15, 0.2) is 0 Å². The highest BCUT2D eigenvalue weighted by molar-refractivity contribution is 8.00. The van der Waals surface area contributed by atoms with Gasteiger partial charge in [0.1, 0.15) is 5.75 Å². The van der Waals surface area contributed by atoms with Crippen LogP contribution in [0.25, 0.3) is 0 Å². The fourth-order valence-corrected chi connectivity index (χ4v) is 2.67. The zero-order valence-electron chi connectivity index (χ0n) is 9.81. The molecule has 17 heavy (non-hydrogen) atoms. The average Bonchev–Trinajstić information content (AvgIpc) is 2.75. The lowest BCUT2D eigenvalue weighted by atomic mass is 10.1. The summed E-state index contributed by atoms with van der Waals surface area (Å²) in [7, 11) is 0. The van der Waals surface area contributed by atoms with E-state index in [0.29, 0.717) is 0 Å². The molecule has 1 aromatic carbocycles. The van der Waals surface area contributed by atoms with E-state index in [2.05, 4.69) is 12.1 Å². The van der Waals surface area contributed by atoms with E-state index in [1.807, 2.05) is 6.07 Å². The van der Waals surface area contributed by atoms with E-state index < -0.39 is 5.97 Å². The van der Waals surface area contributed by atoms with Crippen molar-refractivity contribution in [2.45, 2.75) is 25.0 Å². The second kappa shape index (κ2) is 5.45. The summed E-state index contributed by atoms with van der Waals surface area (Å²) < 4.78 is 5.44. The molecule has 0 aliphatic carbocycles. The lowest BCUT2D eigenvalue weighted by Gasteiger charge is -2.07. The largest absolute Gasteiger partial charge is 0.493 e. The van der Waals surface area contributed by atoms with Crippen LogP contribution in [0, 0.1) is 0 Å². The maximum atomic E-state index is 10.7. The number of thioether (sulfide) groups is 1. The molecule has 2 rings (SSSR count). The van der Waals surface area contributed by atoms with Gasteiger partial charge in [0, 0.05) is 6.42 Å². The van der Waals surface area contributed by atoms with Gasteiger partial charge in [-0.1, -0.05) is 12.1 Å². The van der Waals surface area contributed by atoms with Crippen LogP contribution in [0.3, 0.4) is 0 Å². The van der Waals surface area contributed by atoms with Gasteiger partial charge in [0.05, 0.1) is 11.9 Å².